The molecule has 1 aromatic carbocycles. The van der Waals surface area contributed by atoms with Crippen molar-refractivity contribution in [3.05, 3.63) is 34.9 Å². The third-order valence-corrected chi connectivity index (χ3v) is 4.86. The summed E-state index contributed by atoms with van der Waals surface area (Å²) in [6.45, 7) is 12.7. The molecule has 0 saturated carbocycles. The van der Waals surface area contributed by atoms with Gasteiger partial charge in [0.1, 0.15) is 5.75 Å². The highest BCUT2D eigenvalue weighted by atomic mass is 16.3. The molecule has 25 heavy (non-hydrogen) atoms. The van der Waals surface area contributed by atoms with Gasteiger partial charge in [0.05, 0.1) is 19.6 Å². The van der Waals surface area contributed by atoms with Gasteiger partial charge in [0.25, 0.3) is 0 Å². The number of rotatable bonds is 13. The number of phenolic OH excluding ortho intramolecular Hbond substituents is 1. The first-order valence-electron chi connectivity index (χ1n) is 10.4. The molecule has 0 radical (unpaired) electrons. The van der Waals surface area contributed by atoms with Gasteiger partial charge in [-0.15, -0.1) is 0 Å². The quantitative estimate of drug-likeness (QED) is 0.520. The minimum atomic E-state index is 0.488. The lowest BCUT2D eigenvalue weighted by Gasteiger charge is -2.19. The molecule has 142 valence electrons. The minimum absolute atomic E-state index is 0.488. The third kappa shape index (κ3) is 8.58. The summed E-state index contributed by atoms with van der Waals surface area (Å²) in [6.07, 6.45) is 13.8. The van der Waals surface area contributed by atoms with Crippen LogP contribution in [0.5, 0.6) is 5.75 Å². The van der Waals surface area contributed by atoms with Crippen molar-refractivity contribution in [2.45, 2.75) is 79.1 Å². The number of phenols is 1. The first-order valence-corrected chi connectivity index (χ1v) is 10.4. The number of allylic oxidation sites excluding steroid dienone is 1. The van der Waals surface area contributed by atoms with Gasteiger partial charge in [-0.3, -0.25) is 0 Å². The van der Waals surface area contributed by atoms with E-state index in [9.17, 15) is 5.11 Å². The van der Waals surface area contributed by atoms with Crippen LogP contribution in [0.4, 0.5) is 0 Å². The third-order valence-electron chi connectivity index (χ3n) is 4.86. The van der Waals surface area contributed by atoms with Crippen molar-refractivity contribution in [3.63, 3.8) is 0 Å². The van der Waals surface area contributed by atoms with Crippen LogP contribution in [0.1, 0.15) is 82.4 Å². The predicted molar refractivity (Wildman–Crippen MR) is 110 cm³/mol. The van der Waals surface area contributed by atoms with E-state index in [1.165, 1.54) is 50.9 Å². The van der Waals surface area contributed by atoms with Crippen LogP contribution in [-0.2, 0) is 6.42 Å². The van der Waals surface area contributed by atoms with E-state index < -0.39 is 0 Å². The van der Waals surface area contributed by atoms with E-state index in [1.54, 1.807) is 4.90 Å². The summed E-state index contributed by atoms with van der Waals surface area (Å²) < 4.78 is 0. The fourth-order valence-electron chi connectivity index (χ4n) is 3.34. The maximum atomic E-state index is 10.6. The zero-order valence-corrected chi connectivity index (χ0v) is 17.0. The van der Waals surface area contributed by atoms with Crippen molar-refractivity contribution >= 4 is 6.08 Å². The fraction of sp³-hybridized carbons (Fsp3) is 0.652. The number of aryl methyl sites for hydroxylation is 2. The monoisotopic (exact) mass is 346 g/mol. The smallest absolute Gasteiger partial charge is 0.125 e. The first-order chi connectivity index (χ1) is 12.1. The average molecular weight is 347 g/mol. The molecule has 0 atom stereocenters. The molecule has 2 N–H and O–H groups in total. The standard InChI is InChI=1S/C23H39NO/c1-5-8-11-13-21-18-20(4)19-22(23(21)25)14-12-17-24(15-9-6-2)16-10-7-3/h11,13,18-19,25H,5-10,12,14-17H2,1-4H3/p+1/b13-11+. The van der Waals surface area contributed by atoms with Crippen molar-refractivity contribution in [2.75, 3.05) is 19.6 Å². The Labute approximate surface area is 155 Å². The van der Waals surface area contributed by atoms with Gasteiger partial charge >= 0.3 is 0 Å². The van der Waals surface area contributed by atoms with E-state index in [2.05, 4.69) is 52.0 Å². The zero-order valence-electron chi connectivity index (χ0n) is 17.0. The molecule has 0 amide bonds. The van der Waals surface area contributed by atoms with Crippen LogP contribution in [0, 0.1) is 6.92 Å². The summed E-state index contributed by atoms with van der Waals surface area (Å²) >= 11 is 0. The second kappa shape index (κ2) is 13.0. The molecule has 2 heteroatoms. The van der Waals surface area contributed by atoms with Crippen LogP contribution in [0.3, 0.4) is 0 Å². The molecule has 2 nitrogen and oxygen atoms in total. The molecule has 0 unspecified atom stereocenters. The first kappa shape index (κ1) is 21.8. The maximum Gasteiger partial charge on any atom is 0.125 e. The molecule has 0 aliphatic carbocycles. The van der Waals surface area contributed by atoms with Crippen molar-refractivity contribution in [3.8, 4) is 5.75 Å². The number of benzene rings is 1. The van der Waals surface area contributed by atoms with Crippen LogP contribution in [0.15, 0.2) is 18.2 Å². The average Bonchev–Trinajstić information content (AvgIpc) is 2.60. The van der Waals surface area contributed by atoms with Crippen LogP contribution in [-0.4, -0.2) is 24.7 Å². The Hall–Kier alpha value is -1.28. The van der Waals surface area contributed by atoms with Gasteiger partial charge in [0.2, 0.25) is 0 Å². The topological polar surface area (TPSA) is 24.7 Å². The Balaban J connectivity index is 2.65. The van der Waals surface area contributed by atoms with Crippen molar-refractivity contribution in [1.29, 1.82) is 0 Å². The van der Waals surface area contributed by atoms with E-state index in [0.717, 1.165) is 36.8 Å². The maximum absolute atomic E-state index is 10.6. The molecular weight excluding hydrogens is 306 g/mol. The van der Waals surface area contributed by atoms with E-state index in [1.807, 2.05) is 0 Å². The highest BCUT2D eigenvalue weighted by Gasteiger charge is 2.10. The predicted octanol–water partition coefficient (Wildman–Crippen LogP) is 4.93. The van der Waals surface area contributed by atoms with E-state index in [-0.39, 0.29) is 0 Å². The Morgan fingerprint density at radius 1 is 0.920 bits per heavy atom. The normalized spacial score (nSPS) is 11.7. The van der Waals surface area contributed by atoms with Crippen LogP contribution in [0.2, 0.25) is 0 Å². The molecule has 1 rings (SSSR count). The highest BCUT2D eigenvalue weighted by molar-refractivity contribution is 5.60. The minimum Gasteiger partial charge on any atom is -0.507 e. The van der Waals surface area contributed by atoms with Gasteiger partial charge in [-0.05, 0) is 49.8 Å². The summed E-state index contributed by atoms with van der Waals surface area (Å²) in [7, 11) is 0. The van der Waals surface area contributed by atoms with Crippen molar-refractivity contribution in [2.24, 2.45) is 0 Å². The van der Waals surface area contributed by atoms with E-state index in [0.29, 0.717) is 5.75 Å². The second-order valence-electron chi connectivity index (χ2n) is 7.36. The number of aromatic hydroxyl groups is 1. The number of hydrogen-bond acceptors (Lipinski definition) is 1. The van der Waals surface area contributed by atoms with Gasteiger partial charge in [-0.25, -0.2) is 0 Å². The van der Waals surface area contributed by atoms with Gasteiger partial charge in [0, 0.05) is 12.0 Å². The Bertz CT molecular complexity index is 499. The molecule has 0 aliphatic rings. The van der Waals surface area contributed by atoms with Gasteiger partial charge in [-0.1, -0.05) is 58.3 Å². The molecule has 0 aliphatic heterocycles. The summed E-state index contributed by atoms with van der Waals surface area (Å²) in [6, 6.07) is 4.25. The molecular formula is C23H40NO+. The molecule has 0 spiro atoms. The molecule has 1 aromatic rings. The van der Waals surface area contributed by atoms with Crippen LogP contribution in [0.25, 0.3) is 6.08 Å². The number of unbranched alkanes of at least 4 members (excludes halogenated alkanes) is 3. The summed E-state index contributed by atoms with van der Waals surface area (Å²) in [4.78, 5) is 1.74. The lowest BCUT2D eigenvalue weighted by molar-refractivity contribution is -0.900. The number of nitrogens with one attached hydrogen (secondary N) is 1. The van der Waals surface area contributed by atoms with Crippen LogP contribution < -0.4 is 4.90 Å². The number of hydrogen-bond donors (Lipinski definition) is 2. The lowest BCUT2D eigenvalue weighted by Crippen LogP contribution is -3.12. The largest absolute Gasteiger partial charge is 0.507 e. The van der Waals surface area contributed by atoms with E-state index >= 15 is 0 Å². The summed E-state index contributed by atoms with van der Waals surface area (Å²) in [5.74, 6) is 0.488. The van der Waals surface area contributed by atoms with Gasteiger partial charge in [0.15, 0.2) is 0 Å². The summed E-state index contributed by atoms with van der Waals surface area (Å²) in [5, 5.41) is 10.6. The SMILES string of the molecule is CCC/C=C/c1cc(C)cc(CCC[NH+](CCCC)CCCC)c1O. The highest BCUT2D eigenvalue weighted by Crippen LogP contribution is 2.27. The van der Waals surface area contributed by atoms with Crippen LogP contribution >= 0.6 is 0 Å². The Morgan fingerprint density at radius 2 is 1.56 bits per heavy atom. The van der Waals surface area contributed by atoms with E-state index in [4.69, 9.17) is 0 Å². The molecule has 0 heterocycles. The molecule has 0 aromatic heterocycles. The zero-order chi connectivity index (χ0) is 18.5. The second-order valence-corrected chi connectivity index (χ2v) is 7.36. The lowest BCUT2D eigenvalue weighted by atomic mass is 10.00. The molecule has 0 saturated heterocycles. The van der Waals surface area contributed by atoms with Gasteiger partial charge < -0.3 is 10.0 Å². The van der Waals surface area contributed by atoms with Gasteiger partial charge in [-0.2, -0.15) is 0 Å². The fourth-order valence-corrected chi connectivity index (χ4v) is 3.34. The Morgan fingerprint density at radius 3 is 2.16 bits per heavy atom. The molecule has 0 fully saturated rings. The van der Waals surface area contributed by atoms with Crippen molar-refractivity contribution in [1.82, 2.24) is 0 Å². The van der Waals surface area contributed by atoms with Crippen molar-refractivity contribution < 1.29 is 10.0 Å². The molecule has 0 bridgehead atoms. The Kier molecular flexibility index (Phi) is 11.3. The number of quaternary nitrogens is 1. The summed E-state index contributed by atoms with van der Waals surface area (Å²) in [5.41, 5.74) is 3.33.